The van der Waals surface area contributed by atoms with Crippen molar-refractivity contribution in [3.63, 3.8) is 0 Å². The second kappa shape index (κ2) is 4.22. The van der Waals surface area contributed by atoms with Crippen molar-refractivity contribution >= 4 is 38.1 Å². The lowest BCUT2D eigenvalue weighted by molar-refractivity contribution is 0.355. The Morgan fingerprint density at radius 1 is 1.53 bits per heavy atom. The lowest BCUT2D eigenvalue weighted by atomic mass is 10.2. The molecule has 2 aliphatic rings. The molecular formula is C9H15NO2S3. The standard InChI is InChI=1S/C9H15NO2S3/c1-2-3-4-10-7-5-15(11,12)6-8(7)14-9(10)13/h7-8H,2-6H2,1H3/t7-,8-/m0/s1. The van der Waals surface area contributed by atoms with E-state index in [9.17, 15) is 8.42 Å². The van der Waals surface area contributed by atoms with Crippen molar-refractivity contribution < 1.29 is 8.42 Å². The molecule has 0 aromatic heterocycles. The Bertz CT molecular complexity index is 366. The number of unbranched alkanes of at least 4 members (excludes halogenated alkanes) is 1. The Hall–Kier alpha value is 0.190. The third kappa shape index (κ3) is 2.31. The number of rotatable bonds is 3. The zero-order chi connectivity index (χ0) is 11.1. The highest BCUT2D eigenvalue weighted by molar-refractivity contribution is 8.24. The van der Waals surface area contributed by atoms with E-state index in [0.29, 0.717) is 11.5 Å². The first kappa shape index (κ1) is 11.7. The third-order valence-electron chi connectivity index (χ3n) is 2.91. The van der Waals surface area contributed by atoms with Crippen molar-refractivity contribution in [1.29, 1.82) is 0 Å². The molecule has 0 aromatic carbocycles. The summed E-state index contributed by atoms with van der Waals surface area (Å²) >= 11 is 6.85. The van der Waals surface area contributed by atoms with Crippen LogP contribution in [-0.2, 0) is 9.84 Å². The number of hydrogen-bond acceptors (Lipinski definition) is 4. The molecule has 86 valence electrons. The highest BCUT2D eigenvalue weighted by atomic mass is 32.2. The van der Waals surface area contributed by atoms with Crippen LogP contribution >= 0.6 is 24.0 Å². The van der Waals surface area contributed by atoms with Gasteiger partial charge < -0.3 is 4.90 Å². The summed E-state index contributed by atoms with van der Waals surface area (Å²) in [6.07, 6.45) is 2.21. The Kier molecular flexibility index (Phi) is 3.28. The minimum absolute atomic E-state index is 0.152. The van der Waals surface area contributed by atoms with Crippen molar-refractivity contribution in [1.82, 2.24) is 4.90 Å². The second-order valence-corrected chi connectivity index (χ2v) is 8.14. The van der Waals surface area contributed by atoms with Crippen molar-refractivity contribution in [3.8, 4) is 0 Å². The van der Waals surface area contributed by atoms with Crippen LogP contribution in [0.1, 0.15) is 19.8 Å². The highest BCUT2D eigenvalue weighted by Crippen LogP contribution is 2.38. The van der Waals surface area contributed by atoms with Gasteiger partial charge in [0.25, 0.3) is 0 Å². The van der Waals surface area contributed by atoms with Gasteiger partial charge in [0.05, 0.1) is 17.5 Å². The van der Waals surface area contributed by atoms with Gasteiger partial charge in [0.15, 0.2) is 9.84 Å². The van der Waals surface area contributed by atoms with E-state index >= 15 is 0 Å². The van der Waals surface area contributed by atoms with E-state index in [2.05, 4.69) is 11.8 Å². The average molecular weight is 265 g/mol. The van der Waals surface area contributed by atoms with E-state index in [-0.39, 0.29) is 11.3 Å². The van der Waals surface area contributed by atoms with Crippen LogP contribution in [0.25, 0.3) is 0 Å². The molecule has 0 spiro atoms. The summed E-state index contributed by atoms with van der Waals surface area (Å²) < 4.78 is 23.9. The molecule has 0 bridgehead atoms. The Balaban J connectivity index is 2.09. The van der Waals surface area contributed by atoms with Gasteiger partial charge in [-0.15, -0.1) is 0 Å². The topological polar surface area (TPSA) is 37.4 Å². The van der Waals surface area contributed by atoms with Crippen LogP contribution in [-0.4, -0.2) is 47.0 Å². The lowest BCUT2D eigenvalue weighted by Gasteiger charge is -2.23. The molecule has 0 radical (unpaired) electrons. The van der Waals surface area contributed by atoms with Gasteiger partial charge in [0.1, 0.15) is 4.32 Å². The van der Waals surface area contributed by atoms with Crippen LogP contribution < -0.4 is 0 Å². The van der Waals surface area contributed by atoms with Gasteiger partial charge >= 0.3 is 0 Å². The summed E-state index contributed by atoms with van der Waals surface area (Å²) in [6, 6.07) is 0.152. The van der Waals surface area contributed by atoms with Gasteiger partial charge in [-0.05, 0) is 6.42 Å². The van der Waals surface area contributed by atoms with Crippen LogP contribution in [0.5, 0.6) is 0 Å². The summed E-state index contributed by atoms with van der Waals surface area (Å²) in [5.41, 5.74) is 0. The average Bonchev–Trinajstić information content (AvgIpc) is 2.54. The van der Waals surface area contributed by atoms with Crippen molar-refractivity contribution in [3.05, 3.63) is 0 Å². The van der Waals surface area contributed by atoms with Crippen LogP contribution in [0.15, 0.2) is 0 Å². The number of thioether (sulfide) groups is 1. The van der Waals surface area contributed by atoms with Crippen molar-refractivity contribution in [2.45, 2.75) is 31.1 Å². The first-order valence-corrected chi connectivity index (χ1v) is 8.32. The summed E-state index contributed by atoms with van der Waals surface area (Å²) in [4.78, 5) is 2.12. The molecule has 0 amide bonds. The second-order valence-electron chi connectivity index (χ2n) is 4.11. The zero-order valence-electron chi connectivity index (χ0n) is 8.68. The normalized spacial score (nSPS) is 33.4. The SMILES string of the molecule is CCCCN1C(=S)S[C@H]2CS(=O)(=O)C[C@@H]21. The molecule has 2 aliphatic heterocycles. The fraction of sp³-hybridized carbons (Fsp3) is 0.889. The summed E-state index contributed by atoms with van der Waals surface area (Å²) in [5, 5.41) is 0.194. The van der Waals surface area contributed by atoms with Gasteiger partial charge in [0, 0.05) is 11.8 Å². The first-order valence-electron chi connectivity index (χ1n) is 5.21. The smallest absolute Gasteiger partial charge is 0.153 e. The van der Waals surface area contributed by atoms with Crippen molar-refractivity contribution in [2.75, 3.05) is 18.1 Å². The maximum Gasteiger partial charge on any atom is 0.153 e. The molecule has 3 nitrogen and oxygen atoms in total. The molecule has 2 fully saturated rings. The zero-order valence-corrected chi connectivity index (χ0v) is 11.1. The van der Waals surface area contributed by atoms with Crippen LogP contribution in [0, 0.1) is 0 Å². The maximum absolute atomic E-state index is 11.5. The molecule has 2 saturated heterocycles. The van der Waals surface area contributed by atoms with Gasteiger partial charge in [-0.1, -0.05) is 37.3 Å². The van der Waals surface area contributed by atoms with E-state index in [4.69, 9.17) is 12.2 Å². The van der Waals surface area contributed by atoms with Gasteiger partial charge in [-0.25, -0.2) is 8.42 Å². The molecule has 0 unspecified atom stereocenters. The highest BCUT2D eigenvalue weighted by Gasteiger charge is 2.47. The minimum Gasteiger partial charge on any atom is -0.352 e. The summed E-state index contributed by atoms with van der Waals surface area (Å²) in [5.74, 6) is 0.611. The summed E-state index contributed by atoms with van der Waals surface area (Å²) in [7, 11) is -2.81. The molecule has 2 atom stereocenters. The fourth-order valence-electron chi connectivity index (χ4n) is 2.12. The Labute approximate surface area is 101 Å². The minimum atomic E-state index is -2.81. The number of hydrogen-bond donors (Lipinski definition) is 0. The van der Waals surface area contributed by atoms with Crippen LogP contribution in [0.3, 0.4) is 0 Å². The maximum atomic E-state index is 11.5. The number of fused-ring (bicyclic) bond motifs is 1. The molecule has 6 heteroatoms. The first-order chi connectivity index (χ1) is 7.03. The van der Waals surface area contributed by atoms with E-state index in [0.717, 1.165) is 23.7 Å². The Morgan fingerprint density at radius 2 is 2.27 bits per heavy atom. The van der Waals surface area contributed by atoms with E-state index < -0.39 is 9.84 Å². The quantitative estimate of drug-likeness (QED) is 0.719. The molecule has 15 heavy (non-hydrogen) atoms. The predicted molar refractivity (Wildman–Crippen MR) is 68.0 cm³/mol. The van der Waals surface area contributed by atoms with Crippen molar-refractivity contribution in [2.24, 2.45) is 0 Å². The molecule has 0 saturated carbocycles. The van der Waals surface area contributed by atoms with E-state index in [1.165, 1.54) is 0 Å². The molecule has 0 N–H and O–H groups in total. The van der Waals surface area contributed by atoms with Crippen LogP contribution in [0.2, 0.25) is 0 Å². The molecule has 2 rings (SSSR count). The molecule has 0 aromatic rings. The number of nitrogens with zero attached hydrogens (tertiary/aromatic N) is 1. The monoisotopic (exact) mass is 265 g/mol. The van der Waals surface area contributed by atoms with Gasteiger partial charge in [0.2, 0.25) is 0 Å². The number of sulfone groups is 1. The molecule has 0 aliphatic carbocycles. The third-order valence-corrected chi connectivity index (χ3v) is 6.58. The molecular weight excluding hydrogens is 250 g/mol. The van der Waals surface area contributed by atoms with Gasteiger partial charge in [-0.3, -0.25) is 0 Å². The summed E-state index contributed by atoms with van der Waals surface area (Å²) in [6.45, 7) is 3.05. The van der Waals surface area contributed by atoms with Gasteiger partial charge in [-0.2, -0.15) is 0 Å². The van der Waals surface area contributed by atoms with E-state index in [1.807, 2.05) is 0 Å². The fourth-order valence-corrected chi connectivity index (χ4v) is 6.54. The van der Waals surface area contributed by atoms with E-state index in [1.54, 1.807) is 11.8 Å². The Morgan fingerprint density at radius 3 is 2.93 bits per heavy atom. The predicted octanol–water partition coefficient (Wildman–Crippen LogP) is 1.29. The number of thiocarbonyl (C=S) groups is 1. The lowest BCUT2D eigenvalue weighted by Crippen LogP contribution is -2.37. The largest absolute Gasteiger partial charge is 0.352 e. The van der Waals surface area contributed by atoms with Crippen LogP contribution in [0.4, 0.5) is 0 Å². The molecule has 2 heterocycles.